The molecule has 0 atom stereocenters. The molecule has 0 aromatic heterocycles. The van der Waals surface area contributed by atoms with Gasteiger partial charge in [0.2, 0.25) is 0 Å². The first-order chi connectivity index (χ1) is 11.5. The van der Waals surface area contributed by atoms with Gasteiger partial charge in [0.15, 0.2) is 0 Å². The lowest BCUT2D eigenvalue weighted by atomic mass is 10.3. The fourth-order valence-corrected chi connectivity index (χ4v) is 1.50. The van der Waals surface area contributed by atoms with E-state index in [0.29, 0.717) is 19.5 Å². The number of ether oxygens (including phenoxy) is 3. The Labute approximate surface area is 141 Å². The summed E-state index contributed by atoms with van der Waals surface area (Å²) >= 11 is 0. The molecule has 0 saturated carbocycles. The molecule has 0 saturated heterocycles. The normalized spacial score (nSPS) is 10.2. The summed E-state index contributed by atoms with van der Waals surface area (Å²) in [7, 11) is 1.49. The van der Waals surface area contributed by atoms with Crippen molar-refractivity contribution < 1.29 is 33.4 Å². The second kappa shape index (κ2) is 14.5. The number of alkyl carbamates (subject to hydrolysis) is 2. The summed E-state index contributed by atoms with van der Waals surface area (Å²) in [6, 6.07) is 0. The highest BCUT2D eigenvalue weighted by Gasteiger charge is 2.15. The van der Waals surface area contributed by atoms with Crippen LogP contribution >= 0.6 is 0 Å². The van der Waals surface area contributed by atoms with Crippen molar-refractivity contribution in [1.82, 2.24) is 16.1 Å². The van der Waals surface area contributed by atoms with Crippen molar-refractivity contribution in [2.75, 3.05) is 40.0 Å². The number of amides is 2. The van der Waals surface area contributed by atoms with Crippen LogP contribution in [0.3, 0.4) is 0 Å². The van der Waals surface area contributed by atoms with E-state index in [2.05, 4.69) is 21.0 Å². The van der Waals surface area contributed by atoms with Crippen LogP contribution in [-0.4, -0.2) is 64.2 Å². The topological polar surface area (TPSA) is 124 Å². The van der Waals surface area contributed by atoms with E-state index < -0.39 is 24.3 Å². The molecular formula is C14H27N3O7. The minimum atomic E-state index is -0.629. The van der Waals surface area contributed by atoms with Gasteiger partial charge in [-0.2, -0.15) is 5.48 Å². The second-order valence-electron chi connectivity index (χ2n) is 4.53. The van der Waals surface area contributed by atoms with E-state index in [0.717, 1.165) is 0 Å². The summed E-state index contributed by atoms with van der Waals surface area (Å²) < 4.78 is 15.4. The zero-order valence-corrected chi connectivity index (χ0v) is 14.4. The van der Waals surface area contributed by atoms with Crippen LogP contribution in [0.4, 0.5) is 9.59 Å². The minimum absolute atomic E-state index is 0.0772. The Hall–Kier alpha value is -2.07. The van der Waals surface area contributed by atoms with Crippen LogP contribution in [0.2, 0.25) is 0 Å². The molecule has 0 rings (SSSR count). The van der Waals surface area contributed by atoms with Gasteiger partial charge in [0, 0.05) is 33.2 Å². The van der Waals surface area contributed by atoms with Crippen molar-refractivity contribution in [2.24, 2.45) is 0 Å². The second-order valence-corrected chi connectivity index (χ2v) is 4.53. The Kier molecular flexibility index (Phi) is 13.3. The lowest BCUT2D eigenvalue weighted by Crippen LogP contribution is -2.34. The van der Waals surface area contributed by atoms with Crippen molar-refractivity contribution in [3.63, 3.8) is 0 Å². The molecule has 10 nitrogen and oxygen atoms in total. The largest absolute Gasteiger partial charge is 0.447 e. The van der Waals surface area contributed by atoms with Crippen LogP contribution in [0.5, 0.6) is 0 Å². The van der Waals surface area contributed by atoms with Gasteiger partial charge in [-0.3, -0.25) is 4.79 Å². The van der Waals surface area contributed by atoms with Crippen LogP contribution in [0.1, 0.15) is 26.7 Å². The predicted octanol–water partition coefficient (Wildman–Crippen LogP) is 0.322. The highest BCUT2D eigenvalue weighted by molar-refractivity contribution is 5.69. The van der Waals surface area contributed by atoms with Gasteiger partial charge in [-0.15, -0.1) is 0 Å². The third kappa shape index (κ3) is 12.5. The van der Waals surface area contributed by atoms with Gasteiger partial charge < -0.3 is 29.7 Å². The number of hydrogen-bond donors (Lipinski definition) is 3. The number of hydroxylamine groups is 1. The maximum absolute atomic E-state index is 11.3. The van der Waals surface area contributed by atoms with Crippen LogP contribution in [0.25, 0.3) is 0 Å². The number of carbonyl (C=O) groups is 3. The summed E-state index contributed by atoms with van der Waals surface area (Å²) in [5.41, 5.74) is 2.29. The highest BCUT2D eigenvalue weighted by Crippen LogP contribution is 2.00. The van der Waals surface area contributed by atoms with E-state index in [1.807, 2.05) is 0 Å². The first-order valence-corrected chi connectivity index (χ1v) is 7.82. The smallest absolute Gasteiger partial charge is 0.407 e. The Bertz CT molecular complexity index is 357. The minimum Gasteiger partial charge on any atom is -0.447 e. The van der Waals surface area contributed by atoms with Crippen molar-refractivity contribution in [3.05, 3.63) is 0 Å². The zero-order valence-electron chi connectivity index (χ0n) is 14.4. The lowest BCUT2D eigenvalue weighted by molar-refractivity contribution is -0.150. The lowest BCUT2D eigenvalue weighted by Gasteiger charge is -2.18. The number of rotatable bonds is 12. The average molecular weight is 349 g/mol. The molecule has 2 amide bonds. The Balaban J connectivity index is 4.17. The molecule has 0 radical (unpaired) electrons. The molecule has 0 bridgehead atoms. The van der Waals surface area contributed by atoms with Crippen molar-refractivity contribution >= 4 is 18.2 Å². The first kappa shape index (κ1) is 21.9. The fraction of sp³-hybridized carbons (Fsp3) is 0.786. The summed E-state index contributed by atoms with van der Waals surface area (Å²) in [5, 5.41) is 4.95. The van der Waals surface area contributed by atoms with Crippen LogP contribution in [0, 0.1) is 0 Å². The average Bonchev–Trinajstić information content (AvgIpc) is 2.54. The first-order valence-electron chi connectivity index (χ1n) is 7.82. The summed E-state index contributed by atoms with van der Waals surface area (Å²) in [5.74, 6) is -0.408. The summed E-state index contributed by atoms with van der Waals surface area (Å²) in [6.45, 7) is 4.47. The summed E-state index contributed by atoms with van der Waals surface area (Å²) in [6.07, 6.45) is -1.21. The summed E-state index contributed by atoms with van der Waals surface area (Å²) in [4.78, 5) is 38.3. The molecule has 0 aliphatic rings. The monoisotopic (exact) mass is 349 g/mol. The van der Waals surface area contributed by atoms with E-state index >= 15 is 0 Å². The molecule has 0 fully saturated rings. The molecule has 0 aliphatic heterocycles. The number of nitrogens with one attached hydrogen (secondary N) is 3. The molecule has 0 aromatic carbocycles. The van der Waals surface area contributed by atoms with Crippen molar-refractivity contribution in [3.8, 4) is 0 Å². The molecule has 3 N–H and O–H groups in total. The highest BCUT2D eigenvalue weighted by atomic mass is 16.7. The van der Waals surface area contributed by atoms with Crippen molar-refractivity contribution in [1.29, 1.82) is 0 Å². The quantitative estimate of drug-likeness (QED) is 0.261. The van der Waals surface area contributed by atoms with Crippen molar-refractivity contribution in [2.45, 2.75) is 32.8 Å². The third-order valence-corrected chi connectivity index (χ3v) is 2.54. The van der Waals surface area contributed by atoms with E-state index in [9.17, 15) is 14.4 Å². The molecule has 10 heteroatoms. The Morgan fingerprint density at radius 3 is 1.96 bits per heavy atom. The van der Waals surface area contributed by atoms with E-state index in [1.54, 1.807) is 13.8 Å². The number of carbonyl (C=O) groups excluding carboxylic acids is 3. The molecular weight excluding hydrogens is 322 g/mol. The Morgan fingerprint density at radius 2 is 1.50 bits per heavy atom. The van der Waals surface area contributed by atoms with Gasteiger partial charge in [-0.25, -0.2) is 9.59 Å². The van der Waals surface area contributed by atoms with E-state index in [1.165, 1.54) is 7.05 Å². The molecule has 140 valence electrons. The Morgan fingerprint density at radius 1 is 0.958 bits per heavy atom. The van der Waals surface area contributed by atoms with Gasteiger partial charge >= 0.3 is 18.2 Å². The van der Waals surface area contributed by atoms with Crippen LogP contribution in [-0.2, 0) is 23.8 Å². The van der Waals surface area contributed by atoms with Gasteiger partial charge in [0.1, 0.15) is 19.3 Å². The van der Waals surface area contributed by atoms with Gasteiger partial charge in [-0.05, 0) is 20.3 Å². The molecule has 0 aromatic rings. The zero-order chi connectivity index (χ0) is 18.2. The molecule has 24 heavy (non-hydrogen) atoms. The fourth-order valence-electron chi connectivity index (χ4n) is 1.50. The molecule has 0 spiro atoms. The maximum Gasteiger partial charge on any atom is 0.407 e. The molecule has 0 heterocycles. The van der Waals surface area contributed by atoms with E-state index in [4.69, 9.17) is 14.2 Å². The maximum atomic E-state index is 11.3. The van der Waals surface area contributed by atoms with Crippen LogP contribution in [0.15, 0.2) is 0 Å². The number of hydrogen-bond acceptors (Lipinski definition) is 8. The molecule has 0 unspecified atom stereocenters. The van der Waals surface area contributed by atoms with Gasteiger partial charge in [-0.1, -0.05) is 0 Å². The van der Waals surface area contributed by atoms with E-state index in [-0.39, 0.29) is 26.2 Å². The third-order valence-electron chi connectivity index (χ3n) is 2.54. The predicted molar refractivity (Wildman–Crippen MR) is 84.2 cm³/mol. The van der Waals surface area contributed by atoms with Gasteiger partial charge in [0.05, 0.1) is 0 Å². The SMILES string of the molecule is CCNC(=O)OCC(COC(=O)NCC)OCCCC(=O)ONC. The standard InChI is InChI=1S/C14H27N3O7/c1-4-16-13(19)22-9-11(10-23-14(20)17-5-2)21-8-6-7-12(18)24-15-3/h11,15H,4-10H2,1-3H3,(H,16,19)(H,17,20). The van der Waals surface area contributed by atoms with Crippen LogP contribution < -0.4 is 16.1 Å². The molecule has 0 aliphatic carbocycles. The van der Waals surface area contributed by atoms with Gasteiger partial charge in [0.25, 0.3) is 0 Å².